The summed E-state index contributed by atoms with van der Waals surface area (Å²) in [5.74, 6) is -1.33. The Morgan fingerprint density at radius 1 is 0.942 bits per heavy atom. The van der Waals surface area contributed by atoms with Crippen molar-refractivity contribution in [3.63, 3.8) is 0 Å². The Morgan fingerprint density at radius 2 is 1.60 bits per heavy atom. The molecule has 15 nitrogen and oxygen atoms in total. The van der Waals surface area contributed by atoms with Crippen LogP contribution in [0.15, 0.2) is 78.3 Å². The van der Waals surface area contributed by atoms with Gasteiger partial charge in [0.1, 0.15) is 49.1 Å². The fraction of sp³-hybridized carbons (Fsp3) is 0.306. The fourth-order valence-electron chi connectivity index (χ4n) is 4.64. The number of thiazole rings is 1. The first-order valence-electron chi connectivity index (χ1n) is 16.3. The highest BCUT2D eigenvalue weighted by atomic mass is 32.1. The molecule has 272 valence electrons. The lowest BCUT2D eigenvalue weighted by molar-refractivity contribution is -0.144. The van der Waals surface area contributed by atoms with Gasteiger partial charge in [0.25, 0.3) is 11.8 Å². The standard InChI is InChI=1S/C36H39N7O8S/c1-36(2,3)51-35(47)43-34-42-27(21-52-34)31(37)33(46)41-25-15-38-26(25)20-50-30(44)17-40-32(45)24-14-28(48-18-22-10-6-4-7-11-22)29(16-39-24)49-19-23-12-8-5-9-13-23/h4-14,16,21,25-26,37-38H,15,17-20H2,1-3H3,(H,40,45)(H,41,46)(H,42,43,47). The summed E-state index contributed by atoms with van der Waals surface area (Å²) in [6.45, 7) is 5.56. The van der Waals surface area contributed by atoms with Crippen molar-refractivity contribution in [1.29, 1.82) is 5.41 Å². The number of esters is 1. The zero-order chi connectivity index (χ0) is 37.1. The van der Waals surface area contributed by atoms with Gasteiger partial charge in [-0.15, -0.1) is 11.3 Å². The number of anilines is 1. The minimum atomic E-state index is -0.698. The number of rotatable bonds is 15. The third-order valence-corrected chi connectivity index (χ3v) is 8.11. The Balaban J connectivity index is 1.08. The van der Waals surface area contributed by atoms with Crippen molar-refractivity contribution in [2.24, 2.45) is 0 Å². The molecule has 0 aliphatic carbocycles. The number of ether oxygens (including phenoxy) is 4. The van der Waals surface area contributed by atoms with Crippen LogP contribution in [0.4, 0.5) is 9.93 Å². The second-order valence-electron chi connectivity index (χ2n) is 12.6. The van der Waals surface area contributed by atoms with Crippen molar-refractivity contribution in [3.8, 4) is 11.5 Å². The topological polar surface area (TPSA) is 203 Å². The maximum atomic E-state index is 12.9. The van der Waals surface area contributed by atoms with Gasteiger partial charge in [0.15, 0.2) is 16.6 Å². The summed E-state index contributed by atoms with van der Waals surface area (Å²) in [7, 11) is 0. The second-order valence-corrected chi connectivity index (χ2v) is 13.4. The Hall–Kier alpha value is -5.87. The molecule has 5 N–H and O–H groups in total. The summed E-state index contributed by atoms with van der Waals surface area (Å²) < 4.78 is 22.5. The predicted molar refractivity (Wildman–Crippen MR) is 192 cm³/mol. The predicted octanol–water partition coefficient (Wildman–Crippen LogP) is 3.84. The van der Waals surface area contributed by atoms with E-state index in [1.165, 1.54) is 17.6 Å². The lowest BCUT2D eigenvalue weighted by Gasteiger charge is -2.37. The third-order valence-electron chi connectivity index (χ3n) is 7.35. The second kappa shape index (κ2) is 17.4. The van der Waals surface area contributed by atoms with E-state index in [1.54, 1.807) is 20.8 Å². The number of benzene rings is 2. The number of amides is 3. The van der Waals surface area contributed by atoms with Gasteiger partial charge in [0.2, 0.25) is 0 Å². The average Bonchev–Trinajstić information content (AvgIpc) is 3.58. The SMILES string of the molecule is CC(C)(C)OC(=O)Nc1nc(C(=N)C(=O)NC2CNC2COC(=O)CNC(=O)c2cc(OCc3ccccc3)c(OCc3ccccc3)cn2)cs1. The zero-order valence-electron chi connectivity index (χ0n) is 28.8. The van der Waals surface area contributed by atoms with Gasteiger partial charge in [-0.3, -0.25) is 25.1 Å². The van der Waals surface area contributed by atoms with Gasteiger partial charge in [-0.05, 0) is 31.9 Å². The molecule has 3 heterocycles. The molecule has 3 amide bonds. The van der Waals surface area contributed by atoms with Gasteiger partial charge >= 0.3 is 12.1 Å². The number of hydrogen-bond acceptors (Lipinski definition) is 13. The average molecular weight is 730 g/mol. The molecule has 1 aliphatic heterocycles. The van der Waals surface area contributed by atoms with Crippen LogP contribution in [0.25, 0.3) is 0 Å². The number of nitrogens with zero attached hydrogens (tertiary/aromatic N) is 2. The third kappa shape index (κ3) is 11.1. The van der Waals surface area contributed by atoms with Gasteiger partial charge in [-0.1, -0.05) is 60.7 Å². The monoisotopic (exact) mass is 729 g/mol. The Labute approximate surface area is 304 Å². The molecule has 1 aliphatic rings. The Bertz CT molecular complexity index is 1880. The highest BCUT2D eigenvalue weighted by molar-refractivity contribution is 7.14. The van der Waals surface area contributed by atoms with Crippen LogP contribution in [0, 0.1) is 5.41 Å². The van der Waals surface area contributed by atoms with Crippen LogP contribution in [0.3, 0.4) is 0 Å². The van der Waals surface area contributed by atoms with Gasteiger partial charge < -0.3 is 34.9 Å². The minimum absolute atomic E-state index is 0.0154. The summed E-state index contributed by atoms with van der Waals surface area (Å²) in [5.41, 5.74) is 0.879. The first-order chi connectivity index (χ1) is 24.9. The quantitative estimate of drug-likeness (QED) is 0.0879. The van der Waals surface area contributed by atoms with E-state index < -0.39 is 53.8 Å². The molecule has 16 heteroatoms. The normalized spacial score (nSPS) is 15.0. The fourth-order valence-corrected chi connectivity index (χ4v) is 5.33. The first-order valence-corrected chi connectivity index (χ1v) is 17.2. The van der Waals surface area contributed by atoms with Gasteiger partial charge in [0, 0.05) is 18.0 Å². The summed E-state index contributed by atoms with van der Waals surface area (Å²) in [4.78, 5) is 58.5. The molecule has 0 radical (unpaired) electrons. The molecule has 52 heavy (non-hydrogen) atoms. The number of carbonyl (C=O) groups is 4. The minimum Gasteiger partial charge on any atom is -0.485 e. The Kier molecular flexibility index (Phi) is 12.5. The molecular formula is C36H39N7O8S. The van der Waals surface area contributed by atoms with Crippen LogP contribution in [0.2, 0.25) is 0 Å². The molecule has 0 spiro atoms. The number of aromatic nitrogens is 2. The maximum Gasteiger partial charge on any atom is 0.413 e. The van der Waals surface area contributed by atoms with Gasteiger partial charge in [-0.25, -0.2) is 14.8 Å². The van der Waals surface area contributed by atoms with Crippen molar-refractivity contribution in [2.45, 2.75) is 51.7 Å². The van der Waals surface area contributed by atoms with Crippen molar-refractivity contribution in [2.75, 3.05) is 25.0 Å². The molecule has 0 saturated carbocycles. The van der Waals surface area contributed by atoms with E-state index in [9.17, 15) is 19.2 Å². The van der Waals surface area contributed by atoms with Crippen molar-refractivity contribution < 1.29 is 38.1 Å². The van der Waals surface area contributed by atoms with E-state index in [1.807, 2.05) is 60.7 Å². The van der Waals surface area contributed by atoms with Crippen LogP contribution in [0.1, 0.15) is 48.1 Å². The summed E-state index contributed by atoms with van der Waals surface area (Å²) in [6.07, 6.45) is 0.706. The molecule has 4 aromatic rings. The van der Waals surface area contributed by atoms with Crippen molar-refractivity contribution >= 4 is 46.1 Å². The van der Waals surface area contributed by atoms with Crippen LogP contribution < -0.4 is 30.7 Å². The van der Waals surface area contributed by atoms with E-state index in [0.29, 0.717) is 18.0 Å². The molecule has 2 aromatic carbocycles. The molecule has 5 rings (SSSR count). The zero-order valence-corrected chi connectivity index (χ0v) is 29.6. The number of pyridine rings is 1. The number of carbonyl (C=O) groups excluding carboxylic acids is 4. The van der Waals surface area contributed by atoms with Crippen molar-refractivity contribution in [1.82, 2.24) is 25.9 Å². The van der Waals surface area contributed by atoms with Crippen LogP contribution in [-0.2, 0) is 32.3 Å². The molecule has 2 unspecified atom stereocenters. The van der Waals surface area contributed by atoms with E-state index in [2.05, 4.69) is 31.2 Å². The van der Waals surface area contributed by atoms with E-state index in [-0.39, 0.29) is 36.3 Å². The summed E-state index contributed by atoms with van der Waals surface area (Å²) in [6, 6.07) is 19.7. The maximum absolute atomic E-state index is 12.9. The van der Waals surface area contributed by atoms with Crippen LogP contribution in [-0.4, -0.2) is 76.9 Å². The highest BCUT2D eigenvalue weighted by Crippen LogP contribution is 2.29. The Morgan fingerprint density at radius 3 is 2.21 bits per heavy atom. The molecule has 1 saturated heterocycles. The lowest BCUT2D eigenvalue weighted by Crippen LogP contribution is -2.67. The van der Waals surface area contributed by atoms with Gasteiger partial charge in [0.05, 0.1) is 18.3 Å². The smallest absolute Gasteiger partial charge is 0.413 e. The lowest BCUT2D eigenvalue weighted by atomic mass is 10.0. The molecular weight excluding hydrogens is 691 g/mol. The molecule has 2 aromatic heterocycles. The van der Waals surface area contributed by atoms with Crippen LogP contribution >= 0.6 is 11.3 Å². The first kappa shape index (κ1) is 37.4. The van der Waals surface area contributed by atoms with E-state index in [0.717, 1.165) is 22.5 Å². The number of nitrogens with one attached hydrogen (secondary N) is 5. The van der Waals surface area contributed by atoms with Crippen molar-refractivity contribution in [3.05, 3.63) is 101 Å². The number of hydrogen-bond donors (Lipinski definition) is 5. The van der Waals surface area contributed by atoms with Gasteiger partial charge in [-0.2, -0.15) is 0 Å². The van der Waals surface area contributed by atoms with E-state index >= 15 is 0 Å². The largest absolute Gasteiger partial charge is 0.485 e. The molecule has 2 atom stereocenters. The molecule has 1 fully saturated rings. The summed E-state index contributed by atoms with van der Waals surface area (Å²) >= 11 is 1.05. The highest BCUT2D eigenvalue weighted by Gasteiger charge is 2.34. The van der Waals surface area contributed by atoms with E-state index in [4.69, 9.17) is 24.4 Å². The van der Waals surface area contributed by atoms with Crippen LogP contribution in [0.5, 0.6) is 11.5 Å². The summed E-state index contributed by atoms with van der Waals surface area (Å²) in [5, 5.41) is 20.7. The molecule has 0 bridgehead atoms.